The highest BCUT2D eigenvalue weighted by Gasteiger charge is 2.07. The lowest BCUT2D eigenvalue weighted by molar-refractivity contribution is -0.120. The van der Waals surface area contributed by atoms with E-state index in [1.165, 1.54) is 6.21 Å². The zero-order valence-electron chi connectivity index (χ0n) is 13.6. The van der Waals surface area contributed by atoms with Crippen LogP contribution in [0.5, 0.6) is 5.75 Å². The topological polar surface area (TPSA) is 79.8 Å². The summed E-state index contributed by atoms with van der Waals surface area (Å²) in [5, 5.41) is 6.39. The number of hydrogen-bond donors (Lipinski definition) is 2. The fourth-order valence-corrected chi connectivity index (χ4v) is 1.91. The molecule has 0 saturated heterocycles. The second kappa shape index (κ2) is 8.47. The van der Waals surface area contributed by atoms with Gasteiger partial charge in [-0.15, -0.1) is 0 Å². The molecule has 0 aromatic heterocycles. The van der Waals surface area contributed by atoms with Gasteiger partial charge in [-0.1, -0.05) is 29.8 Å². The number of benzene rings is 2. The molecule has 6 nitrogen and oxygen atoms in total. The van der Waals surface area contributed by atoms with E-state index in [2.05, 4.69) is 15.8 Å². The Morgan fingerprint density at radius 3 is 2.62 bits per heavy atom. The lowest BCUT2D eigenvalue weighted by Gasteiger charge is -2.04. The van der Waals surface area contributed by atoms with E-state index >= 15 is 0 Å². The predicted molar refractivity (Wildman–Crippen MR) is 92.2 cm³/mol. The molecule has 0 fully saturated rings. The first-order chi connectivity index (χ1) is 11.6. The van der Waals surface area contributed by atoms with Gasteiger partial charge in [-0.2, -0.15) is 5.10 Å². The number of amides is 2. The van der Waals surface area contributed by atoms with E-state index in [4.69, 9.17) is 4.74 Å². The van der Waals surface area contributed by atoms with E-state index in [-0.39, 0.29) is 12.5 Å². The van der Waals surface area contributed by atoms with Crippen molar-refractivity contribution in [3.63, 3.8) is 0 Å². The Kier molecular flexibility index (Phi) is 6.08. The maximum absolute atomic E-state index is 11.9. The molecule has 0 unspecified atom stereocenters. The summed E-state index contributed by atoms with van der Waals surface area (Å²) in [4.78, 5) is 23.6. The molecule has 0 radical (unpaired) electrons. The van der Waals surface area contributed by atoms with E-state index in [1.807, 2.05) is 37.3 Å². The van der Waals surface area contributed by atoms with Crippen molar-refractivity contribution in [2.45, 2.75) is 6.92 Å². The number of carbonyl (C=O) groups excluding carboxylic acids is 2. The molecule has 2 rings (SSSR count). The maximum atomic E-state index is 11.9. The fourth-order valence-electron chi connectivity index (χ4n) is 1.91. The Balaban J connectivity index is 1.79. The molecule has 6 heteroatoms. The van der Waals surface area contributed by atoms with Gasteiger partial charge < -0.3 is 10.1 Å². The molecule has 0 aliphatic rings. The smallest absolute Gasteiger partial charge is 0.259 e. The van der Waals surface area contributed by atoms with Gasteiger partial charge in [0, 0.05) is 5.56 Å². The predicted octanol–water partition coefficient (Wildman–Crippen LogP) is 1.88. The van der Waals surface area contributed by atoms with Crippen molar-refractivity contribution in [2.75, 3.05) is 13.7 Å². The summed E-state index contributed by atoms with van der Waals surface area (Å²) in [6.07, 6.45) is 1.50. The number of hydrazone groups is 1. The lowest BCUT2D eigenvalue weighted by atomic mass is 10.1. The van der Waals surface area contributed by atoms with Crippen LogP contribution < -0.4 is 15.5 Å². The zero-order chi connectivity index (χ0) is 17.4. The Bertz CT molecular complexity index is 739. The summed E-state index contributed by atoms with van der Waals surface area (Å²) < 4.78 is 5.10. The van der Waals surface area contributed by atoms with Gasteiger partial charge in [0.15, 0.2) is 0 Å². The summed E-state index contributed by atoms with van der Waals surface area (Å²) in [5.74, 6) is -0.00725. The van der Waals surface area contributed by atoms with Crippen molar-refractivity contribution in [3.8, 4) is 5.75 Å². The molecule has 124 valence electrons. The van der Waals surface area contributed by atoms with Gasteiger partial charge in [-0.05, 0) is 36.8 Å². The van der Waals surface area contributed by atoms with Crippen molar-refractivity contribution in [1.29, 1.82) is 0 Å². The summed E-state index contributed by atoms with van der Waals surface area (Å²) in [6, 6.07) is 14.4. The molecule has 2 aromatic rings. The summed E-state index contributed by atoms with van der Waals surface area (Å²) in [6.45, 7) is 1.79. The van der Waals surface area contributed by atoms with Gasteiger partial charge in [0.05, 0.1) is 19.9 Å². The third-order valence-electron chi connectivity index (χ3n) is 3.22. The van der Waals surface area contributed by atoms with E-state index in [9.17, 15) is 9.59 Å². The Labute approximate surface area is 140 Å². The van der Waals surface area contributed by atoms with Gasteiger partial charge in [0.25, 0.3) is 11.8 Å². The van der Waals surface area contributed by atoms with Crippen LogP contribution in [0.2, 0.25) is 0 Å². The second-order valence-electron chi connectivity index (χ2n) is 5.12. The largest absolute Gasteiger partial charge is 0.497 e. The van der Waals surface area contributed by atoms with E-state index in [1.54, 1.807) is 25.3 Å². The molecule has 0 aliphatic heterocycles. The monoisotopic (exact) mass is 325 g/mol. The van der Waals surface area contributed by atoms with Crippen LogP contribution in [0.3, 0.4) is 0 Å². The number of methoxy groups -OCH3 is 1. The van der Waals surface area contributed by atoms with Crippen LogP contribution in [0.25, 0.3) is 0 Å². The molecular weight excluding hydrogens is 306 g/mol. The summed E-state index contributed by atoms with van der Waals surface area (Å²) in [5.41, 5.74) is 4.72. The fraction of sp³-hybridized carbons (Fsp3) is 0.167. The molecule has 2 amide bonds. The first kappa shape index (κ1) is 17.2. The third-order valence-corrected chi connectivity index (χ3v) is 3.22. The first-order valence-electron chi connectivity index (χ1n) is 7.39. The number of rotatable bonds is 6. The zero-order valence-corrected chi connectivity index (χ0v) is 13.6. The minimum Gasteiger partial charge on any atom is -0.497 e. The Morgan fingerprint density at radius 1 is 1.17 bits per heavy atom. The summed E-state index contributed by atoms with van der Waals surface area (Å²) >= 11 is 0. The molecule has 0 heterocycles. The molecule has 2 N–H and O–H groups in total. The molecule has 0 bridgehead atoms. The minimum absolute atomic E-state index is 0.151. The Hall–Kier alpha value is -3.15. The second-order valence-corrected chi connectivity index (χ2v) is 5.12. The maximum Gasteiger partial charge on any atom is 0.259 e. The van der Waals surface area contributed by atoms with Crippen LogP contribution in [0.15, 0.2) is 53.6 Å². The van der Waals surface area contributed by atoms with E-state index < -0.39 is 5.91 Å². The van der Waals surface area contributed by atoms with Gasteiger partial charge in [0.2, 0.25) is 0 Å². The highest BCUT2D eigenvalue weighted by atomic mass is 16.5. The van der Waals surface area contributed by atoms with E-state index in [0.717, 1.165) is 11.1 Å². The van der Waals surface area contributed by atoms with Crippen LogP contribution in [0.4, 0.5) is 0 Å². The van der Waals surface area contributed by atoms with Crippen molar-refractivity contribution < 1.29 is 14.3 Å². The minimum atomic E-state index is -0.408. The third kappa shape index (κ3) is 5.24. The average molecular weight is 325 g/mol. The highest BCUT2D eigenvalue weighted by molar-refractivity contribution is 5.96. The molecule has 0 aliphatic carbocycles. The van der Waals surface area contributed by atoms with Crippen molar-refractivity contribution in [3.05, 3.63) is 65.2 Å². The molecule has 0 atom stereocenters. The standard InChI is InChI=1S/C18H19N3O3/c1-13-6-8-15(9-7-13)18(23)19-12-17(22)21-20-11-14-4-3-5-16(10-14)24-2/h3-11H,12H2,1-2H3,(H,19,23)(H,21,22)/b20-11-. The molecule has 0 spiro atoms. The van der Waals surface area contributed by atoms with Crippen LogP contribution in [0.1, 0.15) is 21.5 Å². The quantitative estimate of drug-likeness (QED) is 0.629. The molecule has 24 heavy (non-hydrogen) atoms. The van der Waals surface area contributed by atoms with Gasteiger partial charge in [-0.3, -0.25) is 9.59 Å². The van der Waals surface area contributed by atoms with Gasteiger partial charge in [0.1, 0.15) is 5.75 Å². The van der Waals surface area contributed by atoms with Crippen molar-refractivity contribution >= 4 is 18.0 Å². The number of aryl methyl sites for hydroxylation is 1. The normalized spacial score (nSPS) is 10.4. The van der Waals surface area contributed by atoms with Crippen LogP contribution in [-0.4, -0.2) is 31.7 Å². The molecule has 2 aromatic carbocycles. The lowest BCUT2D eigenvalue weighted by Crippen LogP contribution is -2.34. The SMILES string of the molecule is COc1cccc(/C=N\NC(=O)CNC(=O)c2ccc(C)cc2)c1. The van der Waals surface area contributed by atoms with Crippen molar-refractivity contribution in [1.82, 2.24) is 10.7 Å². The highest BCUT2D eigenvalue weighted by Crippen LogP contribution is 2.10. The number of nitrogens with one attached hydrogen (secondary N) is 2. The first-order valence-corrected chi connectivity index (χ1v) is 7.39. The average Bonchev–Trinajstić information content (AvgIpc) is 2.60. The number of nitrogens with zero attached hydrogens (tertiary/aromatic N) is 1. The van der Waals surface area contributed by atoms with Gasteiger partial charge in [-0.25, -0.2) is 5.43 Å². The summed E-state index contributed by atoms with van der Waals surface area (Å²) in [7, 11) is 1.58. The molecule has 0 saturated carbocycles. The van der Waals surface area contributed by atoms with Crippen molar-refractivity contribution in [2.24, 2.45) is 5.10 Å². The number of ether oxygens (including phenoxy) is 1. The van der Waals surface area contributed by atoms with E-state index in [0.29, 0.717) is 11.3 Å². The van der Waals surface area contributed by atoms with Gasteiger partial charge >= 0.3 is 0 Å². The number of hydrogen-bond acceptors (Lipinski definition) is 4. The Morgan fingerprint density at radius 2 is 1.92 bits per heavy atom. The number of carbonyl (C=O) groups is 2. The van der Waals surface area contributed by atoms with Crippen LogP contribution >= 0.6 is 0 Å². The van der Waals surface area contributed by atoms with Crippen LogP contribution in [-0.2, 0) is 4.79 Å². The molecular formula is C18H19N3O3. The van der Waals surface area contributed by atoms with Crippen LogP contribution in [0, 0.1) is 6.92 Å².